The maximum Gasteiger partial charge on any atom is 0.254 e. The lowest BCUT2D eigenvalue weighted by molar-refractivity contribution is 0.0726. The Balaban J connectivity index is 1.59. The number of ether oxygens (including phenoxy) is 1. The molecule has 31 heavy (non-hydrogen) atoms. The highest BCUT2D eigenvalue weighted by atomic mass is 16.5. The van der Waals surface area contributed by atoms with Crippen molar-refractivity contribution in [1.82, 2.24) is 10.1 Å². The summed E-state index contributed by atoms with van der Waals surface area (Å²) in [7, 11) is 1.63. The molecule has 0 saturated heterocycles. The van der Waals surface area contributed by atoms with Crippen LogP contribution in [0, 0.1) is 6.92 Å². The highest BCUT2D eigenvalue weighted by Gasteiger charge is 2.19. The molecule has 0 saturated carbocycles. The molecule has 0 fully saturated rings. The third-order valence-corrected chi connectivity index (χ3v) is 5.07. The van der Waals surface area contributed by atoms with Crippen LogP contribution in [-0.2, 0) is 13.1 Å². The summed E-state index contributed by atoms with van der Waals surface area (Å²) in [5, 5.41) is 4.21. The van der Waals surface area contributed by atoms with E-state index in [1.165, 1.54) is 0 Å². The van der Waals surface area contributed by atoms with E-state index in [1.54, 1.807) is 12.0 Å². The van der Waals surface area contributed by atoms with Gasteiger partial charge >= 0.3 is 0 Å². The molecule has 3 aromatic carbocycles. The van der Waals surface area contributed by atoms with E-state index >= 15 is 0 Å². The molecule has 4 rings (SSSR count). The van der Waals surface area contributed by atoms with Gasteiger partial charge < -0.3 is 14.2 Å². The fourth-order valence-corrected chi connectivity index (χ4v) is 3.38. The lowest BCUT2D eigenvalue weighted by Gasteiger charge is -2.22. The fourth-order valence-electron chi connectivity index (χ4n) is 3.38. The highest BCUT2D eigenvalue weighted by Crippen LogP contribution is 2.25. The SMILES string of the molecule is COc1cccc(-c2cc(CN(Cc3ccccc3)C(=O)c3ccc(C)cc3)no2)c1. The summed E-state index contributed by atoms with van der Waals surface area (Å²) in [5.74, 6) is 1.34. The summed E-state index contributed by atoms with van der Waals surface area (Å²) >= 11 is 0. The van der Waals surface area contributed by atoms with E-state index in [0.29, 0.717) is 30.1 Å². The van der Waals surface area contributed by atoms with Crippen molar-refractivity contribution in [1.29, 1.82) is 0 Å². The van der Waals surface area contributed by atoms with Crippen LogP contribution < -0.4 is 4.74 Å². The van der Waals surface area contributed by atoms with Gasteiger partial charge in [-0.25, -0.2) is 0 Å². The third-order valence-electron chi connectivity index (χ3n) is 5.07. The van der Waals surface area contributed by atoms with Crippen LogP contribution in [0.3, 0.4) is 0 Å². The molecule has 4 aromatic rings. The lowest BCUT2D eigenvalue weighted by Crippen LogP contribution is -2.30. The first-order valence-electron chi connectivity index (χ1n) is 10.1. The molecule has 0 spiro atoms. The standard InChI is InChI=1S/C26H24N2O3/c1-19-11-13-21(14-12-19)26(29)28(17-20-7-4-3-5-8-20)18-23-16-25(31-27-23)22-9-6-10-24(15-22)30-2/h3-16H,17-18H2,1-2H3. The topological polar surface area (TPSA) is 55.6 Å². The van der Waals surface area contributed by atoms with Crippen LogP contribution in [0.5, 0.6) is 5.75 Å². The number of amides is 1. The largest absolute Gasteiger partial charge is 0.497 e. The Bertz CT molecular complexity index is 1150. The Labute approximate surface area is 181 Å². The molecule has 1 aromatic heterocycles. The maximum atomic E-state index is 13.3. The summed E-state index contributed by atoms with van der Waals surface area (Å²) in [6, 6.07) is 27.0. The zero-order valence-electron chi connectivity index (χ0n) is 17.6. The Kier molecular flexibility index (Phi) is 6.13. The molecule has 0 atom stereocenters. The van der Waals surface area contributed by atoms with Crippen molar-refractivity contribution < 1.29 is 14.1 Å². The van der Waals surface area contributed by atoms with Crippen molar-refractivity contribution in [3.05, 3.63) is 107 Å². The summed E-state index contributed by atoms with van der Waals surface area (Å²) in [5.41, 5.74) is 4.38. The van der Waals surface area contributed by atoms with Gasteiger partial charge in [0.1, 0.15) is 11.4 Å². The quantitative estimate of drug-likeness (QED) is 0.402. The first-order chi connectivity index (χ1) is 15.1. The Morgan fingerprint density at radius 3 is 2.45 bits per heavy atom. The van der Waals surface area contributed by atoms with E-state index in [9.17, 15) is 4.79 Å². The summed E-state index contributed by atoms with van der Waals surface area (Å²) in [4.78, 5) is 15.1. The van der Waals surface area contributed by atoms with Gasteiger partial charge in [-0.1, -0.05) is 65.3 Å². The number of nitrogens with zero attached hydrogens (tertiary/aromatic N) is 2. The molecule has 5 heteroatoms. The first kappa shape index (κ1) is 20.4. The van der Waals surface area contributed by atoms with Gasteiger partial charge in [0.2, 0.25) is 0 Å². The van der Waals surface area contributed by atoms with Crippen molar-refractivity contribution >= 4 is 5.91 Å². The van der Waals surface area contributed by atoms with E-state index in [1.807, 2.05) is 91.9 Å². The average Bonchev–Trinajstić information content (AvgIpc) is 3.28. The minimum absolute atomic E-state index is 0.0465. The van der Waals surface area contributed by atoms with Gasteiger partial charge in [-0.15, -0.1) is 0 Å². The van der Waals surface area contributed by atoms with Crippen LogP contribution in [-0.4, -0.2) is 23.1 Å². The number of carbonyl (C=O) groups is 1. The predicted octanol–water partition coefficient (Wildman–Crippen LogP) is 5.50. The number of benzene rings is 3. The van der Waals surface area contributed by atoms with Gasteiger partial charge in [0.15, 0.2) is 5.76 Å². The Morgan fingerprint density at radius 1 is 0.935 bits per heavy atom. The number of aryl methyl sites for hydroxylation is 1. The van der Waals surface area contributed by atoms with Crippen LogP contribution in [0.2, 0.25) is 0 Å². The predicted molar refractivity (Wildman–Crippen MR) is 120 cm³/mol. The molecule has 0 radical (unpaired) electrons. The molecule has 0 N–H and O–H groups in total. The summed E-state index contributed by atoms with van der Waals surface area (Å²) in [6.45, 7) is 2.83. The van der Waals surface area contributed by atoms with E-state index in [0.717, 1.165) is 22.4 Å². The highest BCUT2D eigenvalue weighted by molar-refractivity contribution is 5.94. The number of hydrogen-bond donors (Lipinski definition) is 0. The number of methoxy groups -OCH3 is 1. The van der Waals surface area contributed by atoms with Crippen LogP contribution >= 0.6 is 0 Å². The summed E-state index contributed by atoms with van der Waals surface area (Å²) in [6.07, 6.45) is 0. The van der Waals surface area contributed by atoms with Crippen LogP contribution in [0.25, 0.3) is 11.3 Å². The molecule has 5 nitrogen and oxygen atoms in total. The molecule has 1 heterocycles. The molecule has 156 valence electrons. The zero-order chi connectivity index (χ0) is 21.6. The van der Waals surface area contributed by atoms with Crippen LogP contribution in [0.4, 0.5) is 0 Å². The van der Waals surface area contributed by atoms with E-state index in [4.69, 9.17) is 9.26 Å². The van der Waals surface area contributed by atoms with E-state index in [2.05, 4.69) is 5.16 Å². The van der Waals surface area contributed by atoms with E-state index in [-0.39, 0.29) is 5.91 Å². The van der Waals surface area contributed by atoms with Crippen molar-refractivity contribution in [3.63, 3.8) is 0 Å². The molecule has 0 unspecified atom stereocenters. The van der Waals surface area contributed by atoms with Crippen molar-refractivity contribution in [2.75, 3.05) is 7.11 Å². The van der Waals surface area contributed by atoms with Crippen LogP contribution in [0.1, 0.15) is 27.2 Å². The maximum absolute atomic E-state index is 13.3. The third kappa shape index (κ3) is 5.01. The fraction of sp³-hybridized carbons (Fsp3) is 0.154. The zero-order valence-corrected chi connectivity index (χ0v) is 17.6. The van der Waals surface area contributed by atoms with Gasteiger partial charge in [-0.2, -0.15) is 0 Å². The molecular weight excluding hydrogens is 388 g/mol. The number of rotatable bonds is 7. The van der Waals surface area contributed by atoms with Crippen molar-refractivity contribution in [3.8, 4) is 17.1 Å². The lowest BCUT2D eigenvalue weighted by atomic mass is 10.1. The van der Waals surface area contributed by atoms with Gasteiger partial charge in [-0.3, -0.25) is 4.79 Å². The van der Waals surface area contributed by atoms with Gasteiger partial charge in [0, 0.05) is 23.7 Å². The minimum atomic E-state index is -0.0465. The minimum Gasteiger partial charge on any atom is -0.497 e. The second-order valence-corrected chi connectivity index (χ2v) is 7.43. The molecule has 0 bridgehead atoms. The molecular formula is C26H24N2O3. The summed E-state index contributed by atoms with van der Waals surface area (Å²) < 4.78 is 10.8. The number of carbonyl (C=O) groups excluding carboxylic acids is 1. The smallest absolute Gasteiger partial charge is 0.254 e. The van der Waals surface area contributed by atoms with Gasteiger partial charge in [0.25, 0.3) is 5.91 Å². The number of aromatic nitrogens is 1. The number of hydrogen-bond acceptors (Lipinski definition) is 4. The Hall–Kier alpha value is -3.86. The normalized spacial score (nSPS) is 10.6. The van der Waals surface area contributed by atoms with Crippen molar-refractivity contribution in [2.45, 2.75) is 20.0 Å². The first-order valence-corrected chi connectivity index (χ1v) is 10.1. The Morgan fingerprint density at radius 2 is 1.71 bits per heavy atom. The van der Waals surface area contributed by atoms with E-state index < -0.39 is 0 Å². The molecule has 0 aliphatic carbocycles. The van der Waals surface area contributed by atoms with Gasteiger partial charge in [-0.05, 0) is 36.8 Å². The molecule has 0 aliphatic rings. The average molecular weight is 412 g/mol. The molecule has 1 amide bonds. The molecule has 0 aliphatic heterocycles. The van der Waals surface area contributed by atoms with Crippen LogP contribution in [0.15, 0.2) is 89.5 Å². The second kappa shape index (κ2) is 9.30. The second-order valence-electron chi connectivity index (χ2n) is 7.43. The van der Waals surface area contributed by atoms with Crippen molar-refractivity contribution in [2.24, 2.45) is 0 Å². The monoisotopic (exact) mass is 412 g/mol. The van der Waals surface area contributed by atoms with Gasteiger partial charge in [0.05, 0.1) is 13.7 Å².